The first-order valence-corrected chi connectivity index (χ1v) is 5.12. The highest BCUT2D eigenvalue weighted by Crippen LogP contribution is 2.17. The summed E-state index contributed by atoms with van der Waals surface area (Å²) in [5, 5.41) is 3.27. The molecule has 2 nitrogen and oxygen atoms in total. The standard InChI is InChI=1S/C10H22N2/c1-9(2)12-6-4-5-10(8-12)7-11-3/h9-11H,4-8H2,1-3H3/t10-/m1/s1. The van der Waals surface area contributed by atoms with Crippen LogP contribution in [0.25, 0.3) is 0 Å². The van der Waals surface area contributed by atoms with E-state index in [1.54, 1.807) is 0 Å². The van der Waals surface area contributed by atoms with Crippen molar-refractivity contribution in [1.82, 2.24) is 10.2 Å². The molecule has 1 aliphatic heterocycles. The summed E-state index contributed by atoms with van der Waals surface area (Å²) in [5.41, 5.74) is 0. The van der Waals surface area contributed by atoms with Crippen LogP contribution in [-0.2, 0) is 0 Å². The molecular formula is C10H22N2. The summed E-state index contributed by atoms with van der Waals surface area (Å²) >= 11 is 0. The van der Waals surface area contributed by atoms with Gasteiger partial charge in [-0.1, -0.05) is 0 Å². The van der Waals surface area contributed by atoms with Gasteiger partial charge in [-0.15, -0.1) is 0 Å². The highest BCUT2D eigenvalue weighted by atomic mass is 15.2. The molecule has 0 radical (unpaired) electrons. The lowest BCUT2D eigenvalue weighted by Crippen LogP contribution is -2.42. The van der Waals surface area contributed by atoms with Crippen LogP contribution in [0.5, 0.6) is 0 Å². The van der Waals surface area contributed by atoms with Crippen molar-refractivity contribution >= 4 is 0 Å². The van der Waals surface area contributed by atoms with Gasteiger partial charge < -0.3 is 10.2 Å². The zero-order valence-electron chi connectivity index (χ0n) is 8.64. The van der Waals surface area contributed by atoms with E-state index in [9.17, 15) is 0 Å². The predicted molar refractivity (Wildman–Crippen MR) is 53.4 cm³/mol. The van der Waals surface area contributed by atoms with Crippen LogP contribution in [0.1, 0.15) is 26.7 Å². The number of likely N-dealkylation sites (tertiary alicyclic amines) is 1. The van der Waals surface area contributed by atoms with Crippen molar-refractivity contribution in [2.45, 2.75) is 32.7 Å². The van der Waals surface area contributed by atoms with Gasteiger partial charge in [-0.25, -0.2) is 0 Å². The van der Waals surface area contributed by atoms with E-state index >= 15 is 0 Å². The Morgan fingerprint density at radius 3 is 2.83 bits per heavy atom. The first-order valence-electron chi connectivity index (χ1n) is 5.12. The van der Waals surface area contributed by atoms with E-state index in [1.165, 1.54) is 32.5 Å². The highest BCUT2D eigenvalue weighted by Gasteiger charge is 2.20. The number of rotatable bonds is 3. The first kappa shape index (κ1) is 10.0. The van der Waals surface area contributed by atoms with E-state index in [0.717, 1.165) is 12.0 Å². The van der Waals surface area contributed by atoms with Crippen molar-refractivity contribution in [3.8, 4) is 0 Å². The molecule has 0 spiro atoms. The van der Waals surface area contributed by atoms with E-state index in [4.69, 9.17) is 0 Å². The van der Waals surface area contributed by atoms with Gasteiger partial charge in [-0.05, 0) is 52.7 Å². The Bertz CT molecular complexity index is 121. The number of nitrogens with zero attached hydrogens (tertiary/aromatic N) is 1. The molecule has 1 aliphatic rings. The summed E-state index contributed by atoms with van der Waals surface area (Å²) in [7, 11) is 2.05. The van der Waals surface area contributed by atoms with Crippen molar-refractivity contribution in [3.05, 3.63) is 0 Å². The maximum absolute atomic E-state index is 3.27. The molecule has 0 aromatic rings. The smallest absolute Gasteiger partial charge is 0.00387 e. The Hall–Kier alpha value is -0.0800. The van der Waals surface area contributed by atoms with Gasteiger partial charge in [-0.3, -0.25) is 0 Å². The lowest BCUT2D eigenvalue weighted by atomic mass is 9.97. The summed E-state index contributed by atoms with van der Waals surface area (Å²) < 4.78 is 0. The summed E-state index contributed by atoms with van der Waals surface area (Å²) in [4.78, 5) is 2.59. The average Bonchev–Trinajstić information content (AvgIpc) is 2.05. The SMILES string of the molecule is CNC[C@H]1CCCN(C(C)C)C1. The minimum Gasteiger partial charge on any atom is -0.319 e. The Kier molecular flexibility index (Phi) is 4.02. The largest absolute Gasteiger partial charge is 0.319 e. The summed E-state index contributed by atoms with van der Waals surface area (Å²) in [6.45, 7) is 8.36. The van der Waals surface area contributed by atoms with Crippen LogP contribution in [0.2, 0.25) is 0 Å². The molecule has 0 unspecified atom stereocenters. The second kappa shape index (κ2) is 4.83. The zero-order chi connectivity index (χ0) is 8.97. The van der Waals surface area contributed by atoms with E-state index in [-0.39, 0.29) is 0 Å². The third-order valence-electron chi connectivity index (χ3n) is 2.77. The molecule has 1 rings (SSSR count). The Morgan fingerprint density at radius 2 is 2.25 bits per heavy atom. The van der Waals surface area contributed by atoms with Crippen molar-refractivity contribution in [1.29, 1.82) is 0 Å². The van der Waals surface area contributed by atoms with Gasteiger partial charge in [-0.2, -0.15) is 0 Å². The van der Waals surface area contributed by atoms with Crippen LogP contribution in [-0.4, -0.2) is 37.6 Å². The first-order chi connectivity index (χ1) is 5.74. The summed E-state index contributed by atoms with van der Waals surface area (Å²) in [5.74, 6) is 0.881. The monoisotopic (exact) mass is 170 g/mol. The molecule has 12 heavy (non-hydrogen) atoms. The minimum absolute atomic E-state index is 0.727. The van der Waals surface area contributed by atoms with Crippen molar-refractivity contribution < 1.29 is 0 Å². The molecular weight excluding hydrogens is 148 g/mol. The van der Waals surface area contributed by atoms with E-state index in [0.29, 0.717) is 0 Å². The fourth-order valence-corrected chi connectivity index (χ4v) is 2.02. The Morgan fingerprint density at radius 1 is 1.50 bits per heavy atom. The van der Waals surface area contributed by atoms with Gasteiger partial charge in [0.1, 0.15) is 0 Å². The molecule has 0 aromatic carbocycles. The summed E-state index contributed by atoms with van der Waals surface area (Å²) in [6, 6.07) is 0.727. The number of hydrogen-bond donors (Lipinski definition) is 1. The van der Waals surface area contributed by atoms with E-state index in [2.05, 4.69) is 24.1 Å². The Labute approximate surface area is 76.3 Å². The quantitative estimate of drug-likeness (QED) is 0.687. The van der Waals surface area contributed by atoms with Crippen LogP contribution in [0.3, 0.4) is 0 Å². The molecule has 2 heteroatoms. The van der Waals surface area contributed by atoms with Crippen LogP contribution in [0.4, 0.5) is 0 Å². The van der Waals surface area contributed by atoms with Crippen LogP contribution >= 0.6 is 0 Å². The lowest BCUT2D eigenvalue weighted by molar-refractivity contribution is 0.140. The fraction of sp³-hybridized carbons (Fsp3) is 1.00. The highest BCUT2D eigenvalue weighted by molar-refractivity contribution is 4.75. The van der Waals surface area contributed by atoms with Crippen LogP contribution in [0.15, 0.2) is 0 Å². The maximum atomic E-state index is 3.27. The van der Waals surface area contributed by atoms with Gasteiger partial charge in [0.05, 0.1) is 0 Å². The second-order valence-corrected chi connectivity index (χ2v) is 4.15. The van der Waals surface area contributed by atoms with Gasteiger partial charge >= 0.3 is 0 Å². The topological polar surface area (TPSA) is 15.3 Å². The van der Waals surface area contributed by atoms with Gasteiger partial charge in [0.25, 0.3) is 0 Å². The van der Waals surface area contributed by atoms with Crippen LogP contribution < -0.4 is 5.32 Å². The van der Waals surface area contributed by atoms with Crippen molar-refractivity contribution in [3.63, 3.8) is 0 Å². The van der Waals surface area contributed by atoms with Crippen molar-refractivity contribution in [2.75, 3.05) is 26.7 Å². The summed E-state index contributed by atoms with van der Waals surface area (Å²) in [6.07, 6.45) is 2.79. The molecule has 1 heterocycles. The molecule has 1 N–H and O–H groups in total. The third-order valence-corrected chi connectivity index (χ3v) is 2.77. The molecule has 0 amide bonds. The molecule has 1 saturated heterocycles. The van der Waals surface area contributed by atoms with E-state index in [1.807, 2.05) is 7.05 Å². The molecule has 0 saturated carbocycles. The van der Waals surface area contributed by atoms with Gasteiger partial charge in [0.2, 0.25) is 0 Å². The Balaban J connectivity index is 2.30. The number of hydrogen-bond acceptors (Lipinski definition) is 2. The maximum Gasteiger partial charge on any atom is 0.00387 e. The average molecular weight is 170 g/mol. The van der Waals surface area contributed by atoms with E-state index < -0.39 is 0 Å². The fourth-order valence-electron chi connectivity index (χ4n) is 2.02. The van der Waals surface area contributed by atoms with Gasteiger partial charge in [0.15, 0.2) is 0 Å². The molecule has 1 atom stereocenters. The van der Waals surface area contributed by atoms with Gasteiger partial charge in [0, 0.05) is 12.6 Å². The van der Waals surface area contributed by atoms with Crippen molar-refractivity contribution in [2.24, 2.45) is 5.92 Å². The minimum atomic E-state index is 0.727. The molecule has 0 aromatic heterocycles. The second-order valence-electron chi connectivity index (χ2n) is 4.15. The number of nitrogens with one attached hydrogen (secondary N) is 1. The molecule has 0 bridgehead atoms. The lowest BCUT2D eigenvalue weighted by Gasteiger charge is -2.35. The molecule has 0 aliphatic carbocycles. The third kappa shape index (κ3) is 2.76. The normalized spacial score (nSPS) is 26.5. The molecule has 72 valence electrons. The molecule has 1 fully saturated rings. The number of piperidine rings is 1. The zero-order valence-corrected chi connectivity index (χ0v) is 8.64. The predicted octanol–water partition coefficient (Wildman–Crippen LogP) is 1.33. The van der Waals surface area contributed by atoms with Crippen LogP contribution in [0, 0.1) is 5.92 Å².